The lowest BCUT2D eigenvalue weighted by Crippen LogP contribution is -2.54. The Balaban J connectivity index is 0.00000338. The van der Waals surface area contributed by atoms with Gasteiger partial charge in [0.05, 0.1) is 0 Å². The van der Waals surface area contributed by atoms with Crippen molar-refractivity contribution in [2.45, 2.75) is 33.8 Å². The number of carbonyl (C=O) groups excluding carboxylic acids is 2. The van der Waals surface area contributed by atoms with Crippen LogP contribution in [0.4, 0.5) is 0 Å². The highest BCUT2D eigenvalue weighted by molar-refractivity contribution is 5.85. The standard InChI is InChI=1S/C19H29N3O3.ClH/c1-13-5-6-17(14(2)11-13)25-16(4)19(24)22-9-7-21(8-10-22)18(23)15(3)12-20;/h5-6,11,15-16H,7-10,12,20H2,1-4H3;1H. The summed E-state index contributed by atoms with van der Waals surface area (Å²) in [5, 5.41) is 0. The number of aryl methyl sites for hydroxylation is 2. The molecule has 0 aromatic heterocycles. The maximum atomic E-state index is 12.6. The largest absolute Gasteiger partial charge is 0.481 e. The number of piperazine rings is 1. The second kappa shape index (κ2) is 9.78. The summed E-state index contributed by atoms with van der Waals surface area (Å²) in [5.41, 5.74) is 7.74. The number of nitrogens with zero attached hydrogens (tertiary/aromatic N) is 2. The summed E-state index contributed by atoms with van der Waals surface area (Å²) in [6, 6.07) is 5.91. The normalized spacial score (nSPS) is 16.5. The van der Waals surface area contributed by atoms with E-state index in [1.807, 2.05) is 39.0 Å². The van der Waals surface area contributed by atoms with E-state index in [9.17, 15) is 9.59 Å². The molecule has 146 valence electrons. The van der Waals surface area contributed by atoms with Crippen molar-refractivity contribution in [1.82, 2.24) is 9.80 Å². The van der Waals surface area contributed by atoms with Crippen LogP contribution in [0.25, 0.3) is 0 Å². The van der Waals surface area contributed by atoms with Crippen LogP contribution < -0.4 is 10.5 Å². The fourth-order valence-corrected chi connectivity index (χ4v) is 2.99. The molecule has 1 aliphatic heterocycles. The van der Waals surface area contributed by atoms with Gasteiger partial charge in [-0.15, -0.1) is 12.4 Å². The molecule has 0 spiro atoms. The van der Waals surface area contributed by atoms with Gasteiger partial charge in [-0.05, 0) is 32.4 Å². The summed E-state index contributed by atoms with van der Waals surface area (Å²) in [7, 11) is 0. The minimum Gasteiger partial charge on any atom is -0.481 e. The average Bonchev–Trinajstić information content (AvgIpc) is 2.62. The zero-order valence-corrected chi connectivity index (χ0v) is 16.8. The lowest BCUT2D eigenvalue weighted by molar-refractivity contribution is -0.145. The lowest BCUT2D eigenvalue weighted by Gasteiger charge is -2.36. The fourth-order valence-electron chi connectivity index (χ4n) is 2.99. The van der Waals surface area contributed by atoms with E-state index in [0.717, 1.165) is 16.9 Å². The third kappa shape index (κ3) is 5.35. The molecule has 7 heteroatoms. The van der Waals surface area contributed by atoms with Crippen LogP contribution in [0.2, 0.25) is 0 Å². The van der Waals surface area contributed by atoms with Crippen LogP contribution in [-0.4, -0.2) is 60.4 Å². The lowest BCUT2D eigenvalue weighted by atomic mass is 10.1. The van der Waals surface area contributed by atoms with Gasteiger partial charge >= 0.3 is 0 Å². The molecular formula is C19H30ClN3O3. The first-order valence-electron chi connectivity index (χ1n) is 8.85. The van der Waals surface area contributed by atoms with Crippen LogP contribution in [0.1, 0.15) is 25.0 Å². The molecule has 26 heavy (non-hydrogen) atoms. The molecule has 1 fully saturated rings. The van der Waals surface area contributed by atoms with Crippen LogP contribution in [0.3, 0.4) is 0 Å². The first-order valence-corrected chi connectivity index (χ1v) is 8.85. The molecule has 2 atom stereocenters. The molecule has 0 bridgehead atoms. The van der Waals surface area contributed by atoms with Crippen molar-refractivity contribution in [3.05, 3.63) is 29.3 Å². The minimum absolute atomic E-state index is 0. The molecule has 0 saturated carbocycles. The van der Waals surface area contributed by atoms with Gasteiger partial charge in [0.15, 0.2) is 6.10 Å². The van der Waals surface area contributed by atoms with Gasteiger partial charge in [0.1, 0.15) is 5.75 Å². The number of nitrogens with two attached hydrogens (primary N) is 1. The van der Waals surface area contributed by atoms with Crippen LogP contribution >= 0.6 is 12.4 Å². The van der Waals surface area contributed by atoms with Gasteiger partial charge in [0, 0.05) is 38.6 Å². The maximum absolute atomic E-state index is 12.6. The Morgan fingerprint density at radius 1 is 1.08 bits per heavy atom. The SMILES string of the molecule is Cc1ccc(OC(C)C(=O)N2CCN(C(=O)C(C)CN)CC2)c(C)c1.Cl. The summed E-state index contributed by atoms with van der Waals surface area (Å²) in [5.74, 6) is 0.583. The molecule has 1 heterocycles. The molecule has 2 amide bonds. The van der Waals surface area contributed by atoms with E-state index >= 15 is 0 Å². The Hall–Kier alpha value is -1.79. The van der Waals surface area contributed by atoms with E-state index in [1.54, 1.807) is 16.7 Å². The van der Waals surface area contributed by atoms with Gasteiger partial charge in [0.2, 0.25) is 5.91 Å². The summed E-state index contributed by atoms with van der Waals surface area (Å²) in [4.78, 5) is 28.3. The predicted octanol–water partition coefficient (Wildman–Crippen LogP) is 1.76. The molecule has 2 unspecified atom stereocenters. The van der Waals surface area contributed by atoms with E-state index < -0.39 is 6.10 Å². The second-order valence-electron chi connectivity index (χ2n) is 6.82. The molecule has 0 radical (unpaired) electrons. The summed E-state index contributed by atoms with van der Waals surface area (Å²) in [6.45, 7) is 10.1. The van der Waals surface area contributed by atoms with Gasteiger partial charge < -0.3 is 20.3 Å². The number of carbonyl (C=O) groups is 2. The molecule has 0 aliphatic carbocycles. The highest BCUT2D eigenvalue weighted by atomic mass is 35.5. The number of hydrogen-bond donors (Lipinski definition) is 1. The zero-order valence-electron chi connectivity index (χ0n) is 16.0. The topological polar surface area (TPSA) is 75.9 Å². The Morgan fingerprint density at radius 3 is 2.12 bits per heavy atom. The number of rotatable bonds is 5. The molecule has 2 rings (SSSR count). The highest BCUT2D eigenvalue weighted by Crippen LogP contribution is 2.21. The molecule has 1 aromatic rings. The van der Waals surface area contributed by atoms with Crippen molar-refractivity contribution < 1.29 is 14.3 Å². The third-order valence-corrected chi connectivity index (χ3v) is 4.66. The van der Waals surface area contributed by atoms with Crippen LogP contribution in [0.15, 0.2) is 18.2 Å². The first-order chi connectivity index (χ1) is 11.8. The van der Waals surface area contributed by atoms with E-state index in [0.29, 0.717) is 32.7 Å². The monoisotopic (exact) mass is 383 g/mol. The summed E-state index contributed by atoms with van der Waals surface area (Å²) >= 11 is 0. The predicted molar refractivity (Wildman–Crippen MR) is 105 cm³/mol. The maximum Gasteiger partial charge on any atom is 0.263 e. The Kier molecular flexibility index (Phi) is 8.37. The van der Waals surface area contributed by atoms with Crippen LogP contribution in [0.5, 0.6) is 5.75 Å². The third-order valence-electron chi connectivity index (χ3n) is 4.66. The molecule has 6 nitrogen and oxygen atoms in total. The average molecular weight is 384 g/mol. The zero-order chi connectivity index (χ0) is 18.6. The minimum atomic E-state index is -0.549. The van der Waals surface area contributed by atoms with E-state index in [4.69, 9.17) is 10.5 Å². The number of hydrogen-bond acceptors (Lipinski definition) is 4. The summed E-state index contributed by atoms with van der Waals surface area (Å²) < 4.78 is 5.86. The quantitative estimate of drug-likeness (QED) is 0.840. The molecule has 1 aliphatic rings. The fraction of sp³-hybridized carbons (Fsp3) is 0.579. The first kappa shape index (κ1) is 22.3. The Morgan fingerprint density at radius 2 is 1.62 bits per heavy atom. The van der Waals surface area contributed by atoms with Gasteiger partial charge in [-0.2, -0.15) is 0 Å². The highest BCUT2D eigenvalue weighted by Gasteiger charge is 2.29. The van der Waals surface area contributed by atoms with Crippen molar-refractivity contribution in [1.29, 1.82) is 0 Å². The molecule has 1 saturated heterocycles. The number of amides is 2. The molecular weight excluding hydrogens is 354 g/mol. The Bertz CT molecular complexity index is 630. The van der Waals surface area contributed by atoms with E-state index in [-0.39, 0.29) is 30.1 Å². The van der Waals surface area contributed by atoms with Crippen molar-refractivity contribution in [3.63, 3.8) is 0 Å². The summed E-state index contributed by atoms with van der Waals surface area (Å²) in [6.07, 6.45) is -0.549. The van der Waals surface area contributed by atoms with E-state index in [2.05, 4.69) is 0 Å². The molecule has 1 aromatic carbocycles. The van der Waals surface area contributed by atoms with Gasteiger partial charge in [-0.25, -0.2) is 0 Å². The number of ether oxygens (including phenoxy) is 1. The Labute approximate surface area is 162 Å². The van der Waals surface area contributed by atoms with Gasteiger partial charge in [0.25, 0.3) is 5.91 Å². The second-order valence-corrected chi connectivity index (χ2v) is 6.82. The van der Waals surface area contributed by atoms with Crippen LogP contribution in [0, 0.1) is 19.8 Å². The van der Waals surface area contributed by atoms with Gasteiger partial charge in [-0.3, -0.25) is 9.59 Å². The van der Waals surface area contributed by atoms with Crippen molar-refractivity contribution in [3.8, 4) is 5.75 Å². The van der Waals surface area contributed by atoms with Gasteiger partial charge in [-0.1, -0.05) is 24.6 Å². The van der Waals surface area contributed by atoms with Crippen molar-refractivity contribution in [2.75, 3.05) is 32.7 Å². The van der Waals surface area contributed by atoms with Crippen molar-refractivity contribution in [2.24, 2.45) is 11.7 Å². The van der Waals surface area contributed by atoms with Crippen LogP contribution in [-0.2, 0) is 9.59 Å². The van der Waals surface area contributed by atoms with Crippen molar-refractivity contribution >= 4 is 24.2 Å². The van der Waals surface area contributed by atoms with E-state index in [1.165, 1.54) is 0 Å². The number of benzene rings is 1. The smallest absolute Gasteiger partial charge is 0.263 e. The molecule has 2 N–H and O–H groups in total. The number of halogens is 1.